The second-order valence-electron chi connectivity index (χ2n) is 7.76. The number of thioether (sulfide) groups is 1. The zero-order valence-corrected chi connectivity index (χ0v) is 19.0. The molecule has 0 fully saturated rings. The van der Waals surface area contributed by atoms with Gasteiger partial charge in [-0.1, -0.05) is 59.8 Å². The normalized spacial score (nSPS) is 11.2. The van der Waals surface area contributed by atoms with Crippen LogP contribution in [0.2, 0.25) is 0 Å². The molecule has 0 bridgehead atoms. The van der Waals surface area contributed by atoms with Crippen LogP contribution in [0.25, 0.3) is 22.4 Å². The number of aromatic nitrogens is 4. The predicted octanol–water partition coefficient (Wildman–Crippen LogP) is 4.38. The van der Waals surface area contributed by atoms with Crippen LogP contribution in [0.4, 0.5) is 5.69 Å². The Hall–Kier alpha value is -3.91. The largest absolute Gasteiger partial charge is 0.325 e. The summed E-state index contributed by atoms with van der Waals surface area (Å²) in [5.41, 5.74) is 4.13. The molecule has 5 rings (SSSR count). The van der Waals surface area contributed by atoms with Gasteiger partial charge in [0.25, 0.3) is 5.56 Å². The number of carbonyl (C=O) groups excluding carboxylic acids is 1. The van der Waals surface area contributed by atoms with Gasteiger partial charge >= 0.3 is 0 Å². The standard InChI is InChI=1S/C25H21N5O2S/c1-16-11-13-18(14-12-16)29-23(32)19-8-4-6-10-21(19)30-24(29)27-28-25(30)33-15-22(31)26-20-9-5-3-7-17(20)2/h3-14H,15H2,1-2H3,(H,26,31). The Morgan fingerprint density at radius 2 is 1.67 bits per heavy atom. The van der Waals surface area contributed by atoms with E-state index in [-0.39, 0.29) is 17.2 Å². The van der Waals surface area contributed by atoms with Gasteiger partial charge in [0.2, 0.25) is 11.7 Å². The number of para-hydroxylation sites is 2. The van der Waals surface area contributed by atoms with E-state index in [1.54, 1.807) is 10.6 Å². The molecule has 0 atom stereocenters. The van der Waals surface area contributed by atoms with Crippen molar-refractivity contribution in [1.82, 2.24) is 19.2 Å². The molecule has 0 saturated carbocycles. The van der Waals surface area contributed by atoms with Crippen LogP contribution in [-0.2, 0) is 4.79 Å². The van der Waals surface area contributed by atoms with E-state index in [2.05, 4.69) is 15.5 Å². The molecule has 8 heteroatoms. The van der Waals surface area contributed by atoms with Gasteiger partial charge in [-0.2, -0.15) is 0 Å². The van der Waals surface area contributed by atoms with Crippen molar-refractivity contribution < 1.29 is 4.79 Å². The zero-order chi connectivity index (χ0) is 22.9. The van der Waals surface area contributed by atoms with Crippen molar-refractivity contribution in [2.45, 2.75) is 19.0 Å². The molecule has 0 saturated heterocycles. The summed E-state index contributed by atoms with van der Waals surface area (Å²) in [5.74, 6) is 0.430. The van der Waals surface area contributed by atoms with E-state index in [1.165, 1.54) is 11.8 Å². The van der Waals surface area contributed by atoms with Gasteiger partial charge in [-0.25, -0.2) is 4.57 Å². The number of hydrogen-bond acceptors (Lipinski definition) is 5. The minimum atomic E-state index is -0.164. The summed E-state index contributed by atoms with van der Waals surface area (Å²) in [4.78, 5) is 25.9. The highest BCUT2D eigenvalue weighted by Gasteiger charge is 2.18. The Morgan fingerprint density at radius 1 is 0.939 bits per heavy atom. The maximum Gasteiger partial charge on any atom is 0.267 e. The third kappa shape index (κ3) is 3.89. The summed E-state index contributed by atoms with van der Waals surface area (Å²) in [5, 5.41) is 12.7. The lowest BCUT2D eigenvalue weighted by Gasteiger charge is -2.11. The number of carbonyl (C=O) groups is 1. The maximum atomic E-state index is 13.3. The third-order valence-corrected chi connectivity index (χ3v) is 6.37. The molecular weight excluding hydrogens is 434 g/mol. The first kappa shape index (κ1) is 21.0. The van der Waals surface area contributed by atoms with Crippen LogP contribution in [0.5, 0.6) is 0 Å². The maximum absolute atomic E-state index is 13.3. The van der Waals surface area contributed by atoms with Gasteiger partial charge in [0.15, 0.2) is 5.16 Å². The van der Waals surface area contributed by atoms with E-state index in [1.807, 2.05) is 85.0 Å². The molecule has 1 N–H and O–H groups in total. The smallest absolute Gasteiger partial charge is 0.267 e. The Labute approximate surface area is 194 Å². The van der Waals surface area contributed by atoms with Crippen LogP contribution in [0.1, 0.15) is 11.1 Å². The second kappa shape index (κ2) is 8.55. The molecule has 0 radical (unpaired) electrons. The van der Waals surface area contributed by atoms with Crippen LogP contribution in [0.15, 0.2) is 82.7 Å². The summed E-state index contributed by atoms with van der Waals surface area (Å²) in [6.07, 6.45) is 0. The predicted molar refractivity (Wildman–Crippen MR) is 131 cm³/mol. The van der Waals surface area contributed by atoms with Gasteiger partial charge in [0.1, 0.15) is 0 Å². The molecule has 0 aliphatic carbocycles. The summed E-state index contributed by atoms with van der Waals surface area (Å²) >= 11 is 1.28. The SMILES string of the molecule is Cc1ccc(-n2c(=O)c3ccccc3n3c(SCC(=O)Nc4ccccc4C)nnc23)cc1. The van der Waals surface area contributed by atoms with Crippen LogP contribution in [-0.4, -0.2) is 30.8 Å². The van der Waals surface area contributed by atoms with E-state index < -0.39 is 0 Å². The summed E-state index contributed by atoms with van der Waals surface area (Å²) in [7, 11) is 0. The molecule has 2 heterocycles. The molecule has 164 valence electrons. The van der Waals surface area contributed by atoms with E-state index in [0.717, 1.165) is 16.8 Å². The molecule has 5 aromatic rings. The third-order valence-electron chi connectivity index (χ3n) is 5.44. The van der Waals surface area contributed by atoms with Gasteiger partial charge < -0.3 is 5.32 Å². The average molecular weight is 456 g/mol. The number of amides is 1. The lowest BCUT2D eigenvalue weighted by atomic mass is 10.2. The van der Waals surface area contributed by atoms with Crippen molar-refractivity contribution in [1.29, 1.82) is 0 Å². The molecule has 0 aliphatic rings. The molecule has 33 heavy (non-hydrogen) atoms. The number of benzene rings is 3. The van der Waals surface area contributed by atoms with Gasteiger partial charge in [0.05, 0.1) is 22.3 Å². The van der Waals surface area contributed by atoms with E-state index in [9.17, 15) is 9.59 Å². The first-order valence-corrected chi connectivity index (χ1v) is 11.5. The molecule has 0 unspecified atom stereocenters. The average Bonchev–Trinajstić information content (AvgIpc) is 3.24. The number of anilines is 1. The van der Waals surface area contributed by atoms with Crippen molar-refractivity contribution in [2.75, 3.05) is 11.1 Å². The Bertz CT molecular complexity index is 1550. The lowest BCUT2D eigenvalue weighted by molar-refractivity contribution is -0.113. The summed E-state index contributed by atoms with van der Waals surface area (Å²) < 4.78 is 3.40. The summed E-state index contributed by atoms with van der Waals surface area (Å²) in [6.45, 7) is 3.95. The van der Waals surface area contributed by atoms with Crippen molar-refractivity contribution in [2.24, 2.45) is 0 Å². The minimum Gasteiger partial charge on any atom is -0.325 e. The van der Waals surface area contributed by atoms with Crippen LogP contribution < -0.4 is 10.9 Å². The Kier molecular flexibility index (Phi) is 5.43. The van der Waals surface area contributed by atoms with Crippen LogP contribution in [0, 0.1) is 13.8 Å². The quantitative estimate of drug-likeness (QED) is 0.398. The Morgan fingerprint density at radius 3 is 2.45 bits per heavy atom. The van der Waals surface area contributed by atoms with Gasteiger partial charge in [-0.3, -0.25) is 14.0 Å². The molecule has 0 aliphatic heterocycles. The molecule has 1 amide bonds. The fraction of sp³-hybridized carbons (Fsp3) is 0.120. The van der Waals surface area contributed by atoms with Crippen molar-refractivity contribution >= 4 is 40.0 Å². The van der Waals surface area contributed by atoms with Crippen molar-refractivity contribution in [3.63, 3.8) is 0 Å². The number of nitrogens with zero attached hydrogens (tertiary/aromatic N) is 4. The number of hydrogen-bond donors (Lipinski definition) is 1. The van der Waals surface area contributed by atoms with E-state index in [0.29, 0.717) is 27.5 Å². The fourth-order valence-electron chi connectivity index (χ4n) is 3.73. The van der Waals surface area contributed by atoms with E-state index in [4.69, 9.17) is 0 Å². The lowest BCUT2D eigenvalue weighted by Crippen LogP contribution is -2.22. The van der Waals surface area contributed by atoms with E-state index >= 15 is 0 Å². The number of aryl methyl sites for hydroxylation is 2. The number of fused-ring (bicyclic) bond motifs is 3. The number of nitrogens with one attached hydrogen (secondary N) is 1. The van der Waals surface area contributed by atoms with Gasteiger partial charge in [-0.05, 0) is 49.7 Å². The van der Waals surface area contributed by atoms with Crippen LogP contribution in [0.3, 0.4) is 0 Å². The second-order valence-corrected chi connectivity index (χ2v) is 8.71. The molecule has 3 aromatic carbocycles. The topological polar surface area (TPSA) is 81.3 Å². The Balaban J connectivity index is 1.56. The van der Waals surface area contributed by atoms with Gasteiger partial charge in [0, 0.05) is 5.69 Å². The van der Waals surface area contributed by atoms with Crippen LogP contribution >= 0.6 is 11.8 Å². The molecule has 0 spiro atoms. The molecule has 2 aromatic heterocycles. The minimum absolute atomic E-state index is 0.137. The van der Waals surface area contributed by atoms with Crippen molar-refractivity contribution in [3.8, 4) is 5.69 Å². The highest BCUT2D eigenvalue weighted by molar-refractivity contribution is 7.99. The fourth-order valence-corrected chi connectivity index (χ4v) is 4.47. The highest BCUT2D eigenvalue weighted by atomic mass is 32.2. The van der Waals surface area contributed by atoms with Crippen molar-refractivity contribution in [3.05, 3.63) is 94.3 Å². The monoisotopic (exact) mass is 455 g/mol. The highest BCUT2D eigenvalue weighted by Crippen LogP contribution is 2.24. The zero-order valence-electron chi connectivity index (χ0n) is 18.1. The first-order valence-electron chi connectivity index (χ1n) is 10.5. The molecule has 7 nitrogen and oxygen atoms in total. The van der Waals surface area contributed by atoms with Gasteiger partial charge in [-0.15, -0.1) is 10.2 Å². The summed E-state index contributed by atoms with van der Waals surface area (Å²) in [6, 6.07) is 22.7. The first-order chi connectivity index (χ1) is 16.0. The molecular formula is C25H21N5O2S. The number of rotatable bonds is 5.